The van der Waals surface area contributed by atoms with Crippen LogP contribution in [0.25, 0.3) is 0 Å². The SMILES string of the molecule is CC(C)(C)C(=O)N1CCC(C(=O)N2CCCN(C(=O)c3ccccc3F)CC2)CC1. The quantitative estimate of drug-likeness (QED) is 0.744. The third-order valence-electron chi connectivity index (χ3n) is 5.97. The predicted molar refractivity (Wildman–Crippen MR) is 112 cm³/mol. The van der Waals surface area contributed by atoms with Crippen molar-refractivity contribution in [1.29, 1.82) is 0 Å². The van der Waals surface area contributed by atoms with Gasteiger partial charge in [0.15, 0.2) is 0 Å². The van der Waals surface area contributed by atoms with E-state index < -0.39 is 11.2 Å². The summed E-state index contributed by atoms with van der Waals surface area (Å²) in [6.45, 7) is 8.93. The van der Waals surface area contributed by atoms with Crippen LogP contribution in [0.1, 0.15) is 50.4 Å². The number of benzene rings is 1. The summed E-state index contributed by atoms with van der Waals surface area (Å²) >= 11 is 0. The lowest BCUT2D eigenvalue weighted by molar-refractivity contribution is -0.144. The Kier molecular flexibility index (Phi) is 6.78. The van der Waals surface area contributed by atoms with Crippen molar-refractivity contribution in [2.45, 2.75) is 40.0 Å². The summed E-state index contributed by atoms with van der Waals surface area (Å²) in [6.07, 6.45) is 2.03. The molecule has 2 heterocycles. The molecule has 0 radical (unpaired) electrons. The van der Waals surface area contributed by atoms with E-state index in [1.54, 1.807) is 17.0 Å². The number of hydrogen-bond donors (Lipinski definition) is 0. The fraction of sp³-hybridized carbons (Fsp3) is 0.609. The van der Waals surface area contributed by atoms with Crippen LogP contribution < -0.4 is 0 Å². The molecular formula is C23H32FN3O3. The molecule has 2 aliphatic rings. The summed E-state index contributed by atoms with van der Waals surface area (Å²) in [5, 5.41) is 0. The van der Waals surface area contributed by atoms with Gasteiger partial charge in [-0.1, -0.05) is 32.9 Å². The number of amides is 3. The molecule has 2 saturated heterocycles. The molecule has 0 bridgehead atoms. The van der Waals surface area contributed by atoms with Gasteiger partial charge in [0, 0.05) is 50.6 Å². The molecule has 0 aliphatic carbocycles. The molecule has 1 aromatic rings. The fourth-order valence-corrected chi connectivity index (χ4v) is 4.21. The Balaban J connectivity index is 1.54. The van der Waals surface area contributed by atoms with E-state index in [0.717, 1.165) is 0 Å². The second-order valence-electron chi connectivity index (χ2n) is 9.27. The lowest BCUT2D eigenvalue weighted by Gasteiger charge is -2.36. The Morgan fingerprint density at radius 2 is 1.47 bits per heavy atom. The van der Waals surface area contributed by atoms with Gasteiger partial charge in [-0.15, -0.1) is 0 Å². The summed E-state index contributed by atoms with van der Waals surface area (Å²) in [6, 6.07) is 6.01. The van der Waals surface area contributed by atoms with E-state index in [0.29, 0.717) is 58.5 Å². The topological polar surface area (TPSA) is 60.9 Å². The summed E-state index contributed by atoms with van der Waals surface area (Å²) in [5.41, 5.74) is -0.330. The maximum absolute atomic E-state index is 14.0. The summed E-state index contributed by atoms with van der Waals surface area (Å²) < 4.78 is 14.0. The van der Waals surface area contributed by atoms with Crippen molar-refractivity contribution in [2.75, 3.05) is 39.3 Å². The Bertz CT molecular complexity index is 797. The molecule has 0 atom stereocenters. The van der Waals surface area contributed by atoms with Crippen LogP contribution in [0.3, 0.4) is 0 Å². The van der Waals surface area contributed by atoms with E-state index in [1.807, 2.05) is 30.6 Å². The van der Waals surface area contributed by atoms with Crippen LogP contribution in [0, 0.1) is 17.2 Å². The second-order valence-corrected chi connectivity index (χ2v) is 9.27. The first kappa shape index (κ1) is 22.2. The van der Waals surface area contributed by atoms with Crippen LogP contribution in [-0.4, -0.2) is 71.7 Å². The predicted octanol–water partition coefficient (Wildman–Crippen LogP) is 2.78. The van der Waals surface area contributed by atoms with Crippen LogP contribution in [0.4, 0.5) is 4.39 Å². The molecule has 0 aromatic heterocycles. The summed E-state index contributed by atoms with van der Waals surface area (Å²) in [7, 11) is 0. The maximum Gasteiger partial charge on any atom is 0.256 e. The van der Waals surface area contributed by atoms with Crippen molar-refractivity contribution in [3.63, 3.8) is 0 Å². The third-order valence-corrected chi connectivity index (χ3v) is 5.97. The first-order valence-electron chi connectivity index (χ1n) is 10.8. The average Bonchev–Trinajstić information content (AvgIpc) is 2.98. The van der Waals surface area contributed by atoms with Gasteiger partial charge in [0.1, 0.15) is 5.82 Å². The van der Waals surface area contributed by atoms with Crippen molar-refractivity contribution in [3.05, 3.63) is 35.6 Å². The number of halogens is 1. The number of piperidine rings is 1. The molecule has 2 fully saturated rings. The molecular weight excluding hydrogens is 385 g/mol. The van der Waals surface area contributed by atoms with Crippen LogP contribution in [0.2, 0.25) is 0 Å². The second kappa shape index (κ2) is 9.14. The molecule has 1 aromatic carbocycles. The van der Waals surface area contributed by atoms with Gasteiger partial charge in [0.05, 0.1) is 5.56 Å². The van der Waals surface area contributed by atoms with Gasteiger partial charge in [-0.2, -0.15) is 0 Å². The highest BCUT2D eigenvalue weighted by molar-refractivity contribution is 5.94. The van der Waals surface area contributed by atoms with Crippen molar-refractivity contribution >= 4 is 17.7 Å². The van der Waals surface area contributed by atoms with Crippen LogP contribution in [0.5, 0.6) is 0 Å². The van der Waals surface area contributed by atoms with Crippen molar-refractivity contribution in [1.82, 2.24) is 14.7 Å². The Labute approximate surface area is 178 Å². The van der Waals surface area contributed by atoms with E-state index in [1.165, 1.54) is 12.1 Å². The highest BCUT2D eigenvalue weighted by Crippen LogP contribution is 2.25. The average molecular weight is 418 g/mol. The molecule has 3 rings (SSSR count). The van der Waals surface area contributed by atoms with Gasteiger partial charge >= 0.3 is 0 Å². The minimum atomic E-state index is -0.517. The van der Waals surface area contributed by atoms with Crippen molar-refractivity contribution < 1.29 is 18.8 Å². The van der Waals surface area contributed by atoms with E-state index in [-0.39, 0.29) is 29.2 Å². The minimum absolute atomic E-state index is 0.0770. The van der Waals surface area contributed by atoms with Gasteiger partial charge in [-0.05, 0) is 31.4 Å². The smallest absolute Gasteiger partial charge is 0.256 e. The van der Waals surface area contributed by atoms with Crippen LogP contribution in [-0.2, 0) is 9.59 Å². The van der Waals surface area contributed by atoms with Gasteiger partial charge in [-0.25, -0.2) is 4.39 Å². The molecule has 0 unspecified atom stereocenters. The molecule has 2 aliphatic heterocycles. The zero-order valence-electron chi connectivity index (χ0n) is 18.2. The maximum atomic E-state index is 14.0. The first-order valence-corrected chi connectivity index (χ1v) is 10.8. The molecule has 3 amide bonds. The van der Waals surface area contributed by atoms with E-state index in [4.69, 9.17) is 0 Å². The van der Waals surface area contributed by atoms with Gasteiger partial charge in [-0.3, -0.25) is 14.4 Å². The largest absolute Gasteiger partial charge is 0.342 e. The standard InChI is InChI=1S/C23H32FN3O3/c1-23(2,3)22(30)27-13-9-17(10-14-27)20(28)25-11-6-12-26(16-15-25)21(29)18-7-4-5-8-19(18)24/h4-5,7-8,17H,6,9-16H2,1-3H3. The van der Waals surface area contributed by atoms with Gasteiger partial charge < -0.3 is 14.7 Å². The van der Waals surface area contributed by atoms with Gasteiger partial charge in [0.25, 0.3) is 5.91 Å². The highest BCUT2D eigenvalue weighted by atomic mass is 19.1. The normalized spacial score (nSPS) is 18.9. The lowest BCUT2D eigenvalue weighted by atomic mass is 9.90. The number of hydrogen-bond acceptors (Lipinski definition) is 3. The number of carbonyl (C=O) groups excluding carboxylic acids is 3. The summed E-state index contributed by atoms with van der Waals surface area (Å²) in [5.74, 6) is -0.681. The molecule has 0 N–H and O–H groups in total. The third kappa shape index (κ3) is 4.99. The minimum Gasteiger partial charge on any atom is -0.342 e. The molecule has 0 spiro atoms. The van der Waals surface area contributed by atoms with Crippen LogP contribution in [0.15, 0.2) is 24.3 Å². The van der Waals surface area contributed by atoms with Gasteiger partial charge in [0.2, 0.25) is 11.8 Å². The van der Waals surface area contributed by atoms with E-state index in [9.17, 15) is 18.8 Å². The Morgan fingerprint density at radius 3 is 2.10 bits per heavy atom. The van der Waals surface area contributed by atoms with E-state index in [2.05, 4.69) is 0 Å². The first-order chi connectivity index (χ1) is 14.2. The molecule has 7 heteroatoms. The number of carbonyl (C=O) groups is 3. The van der Waals surface area contributed by atoms with E-state index >= 15 is 0 Å². The van der Waals surface area contributed by atoms with Crippen molar-refractivity contribution in [2.24, 2.45) is 11.3 Å². The number of nitrogens with zero attached hydrogens (tertiary/aromatic N) is 3. The zero-order chi connectivity index (χ0) is 21.9. The Hall–Kier alpha value is -2.44. The number of likely N-dealkylation sites (tertiary alicyclic amines) is 1. The molecule has 164 valence electrons. The number of rotatable bonds is 2. The molecule has 30 heavy (non-hydrogen) atoms. The lowest BCUT2D eigenvalue weighted by Crippen LogP contribution is -2.48. The van der Waals surface area contributed by atoms with Crippen molar-refractivity contribution in [3.8, 4) is 0 Å². The zero-order valence-corrected chi connectivity index (χ0v) is 18.2. The van der Waals surface area contributed by atoms with Crippen LogP contribution >= 0.6 is 0 Å². The summed E-state index contributed by atoms with van der Waals surface area (Å²) in [4.78, 5) is 43.5. The molecule has 0 saturated carbocycles. The molecule has 6 nitrogen and oxygen atoms in total. The Morgan fingerprint density at radius 1 is 0.867 bits per heavy atom. The fourth-order valence-electron chi connectivity index (χ4n) is 4.21. The monoisotopic (exact) mass is 417 g/mol. The highest BCUT2D eigenvalue weighted by Gasteiger charge is 2.34.